The van der Waals surface area contributed by atoms with Gasteiger partial charge in [-0.2, -0.15) is 0 Å². The summed E-state index contributed by atoms with van der Waals surface area (Å²) in [5.74, 6) is 0. The number of hydrogen-bond acceptors (Lipinski definition) is 1. The van der Waals surface area contributed by atoms with Crippen LogP contribution in [0.2, 0.25) is 39.3 Å². The van der Waals surface area contributed by atoms with Gasteiger partial charge in [0.15, 0.2) is 0 Å². The van der Waals surface area contributed by atoms with Gasteiger partial charge in [-0.25, -0.2) is 0 Å². The Morgan fingerprint density at radius 2 is 0.974 bits per heavy atom. The van der Waals surface area contributed by atoms with Crippen molar-refractivity contribution in [3.63, 3.8) is 0 Å². The zero-order chi connectivity index (χ0) is 27.9. The van der Waals surface area contributed by atoms with Crippen molar-refractivity contribution in [1.82, 2.24) is 4.75 Å². The van der Waals surface area contributed by atoms with Gasteiger partial charge in [-0.1, -0.05) is 0 Å². The Kier molecular flexibility index (Phi) is 8.65. The monoisotopic (exact) mass is 759 g/mol. The maximum atomic E-state index is 4.56. The third-order valence-electron chi connectivity index (χ3n) is 6.85. The Morgan fingerprint density at radius 1 is 0.615 bits per heavy atom. The summed E-state index contributed by atoms with van der Waals surface area (Å²) in [7, 11) is -7.61. The summed E-state index contributed by atoms with van der Waals surface area (Å²) in [5, 5.41) is 6.00. The SMILES string of the molecule is C[Si](C)(C)NP(=C1[As](I)[N+]([Si](C)(C)C)=P1(c1ccccc1)c1ccccc1)(c1ccccc1)c1ccccc1. The fourth-order valence-corrected chi connectivity index (χ4v) is 67.7. The molecule has 0 fully saturated rings. The van der Waals surface area contributed by atoms with E-state index >= 15 is 0 Å². The predicted molar refractivity (Wildman–Crippen MR) is 193 cm³/mol. The molecule has 1 aliphatic rings. The fraction of sp³-hybridized carbons (Fsp3) is 0.194. The molecule has 1 N–H and O–H groups in total. The van der Waals surface area contributed by atoms with Crippen molar-refractivity contribution in [2.75, 3.05) is 0 Å². The molecule has 4 aromatic rings. The topological polar surface area (TPSA) is 15.0 Å². The molecule has 0 aromatic heterocycles. The molecule has 1 heterocycles. The van der Waals surface area contributed by atoms with Crippen molar-refractivity contribution >= 4 is 87.3 Å². The quantitative estimate of drug-likeness (QED) is 0.119. The molecule has 1 atom stereocenters. The summed E-state index contributed by atoms with van der Waals surface area (Å²) in [6, 6.07) is 46.2. The molecule has 1 unspecified atom stereocenters. The van der Waals surface area contributed by atoms with E-state index in [2.05, 4.69) is 188 Å². The van der Waals surface area contributed by atoms with Gasteiger partial charge in [0.2, 0.25) is 0 Å². The van der Waals surface area contributed by atoms with Crippen LogP contribution in [0.5, 0.6) is 0 Å². The first-order chi connectivity index (χ1) is 18.5. The number of hydrogen-bond donors (Lipinski definition) is 1. The molecule has 1 aliphatic heterocycles. The normalized spacial score (nSPS) is 17.6. The second kappa shape index (κ2) is 11.4. The molecule has 4 aromatic carbocycles. The first kappa shape index (κ1) is 29.6. The van der Waals surface area contributed by atoms with Crippen molar-refractivity contribution < 1.29 is 2.91 Å². The first-order valence-electron chi connectivity index (χ1n) is 13.5. The van der Waals surface area contributed by atoms with Crippen molar-refractivity contribution in [3.05, 3.63) is 121 Å². The van der Waals surface area contributed by atoms with Crippen LogP contribution in [-0.2, 0) is 0 Å². The summed E-state index contributed by atoms with van der Waals surface area (Å²) in [5.41, 5.74) is 0. The van der Waals surface area contributed by atoms with Gasteiger partial charge in [-0.3, -0.25) is 0 Å². The molecule has 0 aliphatic carbocycles. The average molecular weight is 760 g/mol. The molecule has 202 valence electrons. The second-order valence-corrected chi connectivity index (χ2v) is 39.6. The van der Waals surface area contributed by atoms with Gasteiger partial charge in [0.25, 0.3) is 0 Å². The number of rotatable bonds is 7. The van der Waals surface area contributed by atoms with Crippen LogP contribution in [0.25, 0.3) is 0 Å². The maximum absolute atomic E-state index is 4.56. The Bertz CT molecular complexity index is 1480. The van der Waals surface area contributed by atoms with Crippen molar-refractivity contribution in [3.8, 4) is 0 Å². The number of halogens is 1. The Hall–Kier alpha value is -0.908. The van der Waals surface area contributed by atoms with Gasteiger partial charge in [0.05, 0.1) is 0 Å². The van der Waals surface area contributed by atoms with Crippen LogP contribution in [0.3, 0.4) is 0 Å². The predicted octanol–water partition coefficient (Wildman–Crippen LogP) is 7.30. The summed E-state index contributed by atoms with van der Waals surface area (Å²) in [4.78, 5) is 0. The minimum atomic E-state index is -2.13. The third-order valence-corrected chi connectivity index (χ3v) is 49.6. The third kappa shape index (κ3) is 5.27. The summed E-state index contributed by atoms with van der Waals surface area (Å²) in [6.45, 7) is 15.2. The van der Waals surface area contributed by atoms with E-state index in [-0.39, 0.29) is 0 Å². The van der Waals surface area contributed by atoms with Gasteiger partial charge in [-0.15, -0.1) is 0 Å². The van der Waals surface area contributed by atoms with Crippen LogP contribution in [0.15, 0.2) is 121 Å². The molecule has 8 heteroatoms. The number of nitrogens with one attached hydrogen (secondary N) is 1. The van der Waals surface area contributed by atoms with Crippen LogP contribution < -0.4 is 26.0 Å². The van der Waals surface area contributed by atoms with Crippen LogP contribution in [-0.4, -0.2) is 34.7 Å². The van der Waals surface area contributed by atoms with E-state index in [4.69, 9.17) is 0 Å². The second-order valence-electron chi connectivity index (χ2n) is 12.0. The Balaban J connectivity index is 2.14. The van der Waals surface area contributed by atoms with Crippen molar-refractivity contribution in [2.24, 2.45) is 0 Å². The number of nitrogens with zero attached hydrogens (tertiary/aromatic N) is 1. The fourth-order valence-electron chi connectivity index (χ4n) is 5.67. The molecule has 0 spiro atoms. The Labute approximate surface area is 253 Å². The molecule has 0 bridgehead atoms. The van der Waals surface area contributed by atoms with Crippen molar-refractivity contribution in [2.45, 2.75) is 39.3 Å². The zero-order valence-electron chi connectivity index (χ0n) is 23.7. The molecular weight excluding hydrogens is 720 g/mol. The van der Waals surface area contributed by atoms with Crippen molar-refractivity contribution in [1.29, 1.82) is 0 Å². The summed E-state index contributed by atoms with van der Waals surface area (Å²) < 4.78 is 9.59. The van der Waals surface area contributed by atoms with Crippen LogP contribution in [0.1, 0.15) is 0 Å². The Morgan fingerprint density at radius 3 is 1.31 bits per heavy atom. The van der Waals surface area contributed by atoms with Crippen LogP contribution >= 0.6 is 34.2 Å². The van der Waals surface area contributed by atoms with Gasteiger partial charge >= 0.3 is 256 Å². The van der Waals surface area contributed by atoms with Gasteiger partial charge in [-0.05, 0) is 0 Å². The molecule has 2 nitrogen and oxygen atoms in total. The van der Waals surface area contributed by atoms with E-state index in [0.717, 1.165) is 0 Å². The number of benzene rings is 4. The standard InChI is InChI=1S/C31H38AsIN2P2Si2/c1-38(2,3)34-36(27-19-11-7-12-20-27,28-21-13-8-14-22-28)31-32(33)35(39(4,5)6)37(31,29-23-15-9-16-24-29)30-25-17-10-18-26-30/h7-26H,1-6H3/p+1. The van der Waals surface area contributed by atoms with E-state index in [9.17, 15) is 0 Å². The van der Waals surface area contributed by atoms with Crippen LogP contribution in [0.4, 0.5) is 0 Å². The average Bonchev–Trinajstić information content (AvgIpc) is 2.91. The molecule has 0 saturated carbocycles. The zero-order valence-corrected chi connectivity index (χ0v) is 31.5. The van der Waals surface area contributed by atoms with Gasteiger partial charge in [0.1, 0.15) is 0 Å². The molecular formula is C31H39AsIN2P2Si2+. The van der Waals surface area contributed by atoms with E-state index in [1.165, 1.54) is 21.2 Å². The van der Waals surface area contributed by atoms with E-state index in [1.807, 2.05) is 3.82 Å². The van der Waals surface area contributed by atoms with E-state index in [1.54, 1.807) is 0 Å². The summed E-state index contributed by atoms with van der Waals surface area (Å²) in [6.07, 6.45) is 0. The van der Waals surface area contributed by atoms with E-state index in [0.29, 0.717) is 0 Å². The van der Waals surface area contributed by atoms with E-state index < -0.39 is 42.1 Å². The van der Waals surface area contributed by atoms with Gasteiger partial charge in [0, 0.05) is 0 Å². The minimum absolute atomic E-state index is 1.48. The first-order valence-corrected chi connectivity index (χ1v) is 31.5. The van der Waals surface area contributed by atoms with Crippen LogP contribution in [0, 0.1) is 0 Å². The van der Waals surface area contributed by atoms with Gasteiger partial charge < -0.3 is 0 Å². The molecule has 0 amide bonds. The summed E-state index contributed by atoms with van der Waals surface area (Å²) >= 11 is 1.36. The molecule has 39 heavy (non-hydrogen) atoms. The molecule has 0 saturated heterocycles. The molecule has 5 rings (SSSR count). The molecule has 0 radical (unpaired) electrons.